The Kier molecular flexibility index (Phi) is 6.26. The molecule has 4 atom stereocenters. The predicted octanol–water partition coefficient (Wildman–Crippen LogP) is 2.22. The largest absolute Gasteiger partial charge is 1.00 e. The molecule has 1 aliphatic heterocycles. The second-order valence-electron chi connectivity index (χ2n) is 11.8. The molecule has 2 unspecified atom stereocenters. The Morgan fingerprint density at radius 3 is 2.80 bits per heavy atom. The number of carbonyl (C=O) groups is 1. The van der Waals surface area contributed by atoms with Crippen LogP contribution in [0.3, 0.4) is 0 Å². The molecule has 35 heavy (non-hydrogen) atoms. The SMILES string of the molecule is C[C@H]1C2Cc3ccc(C(=O)NCCc4ccc5[nH]ccc5c4)cc3C1(C)CC[N@@+]2(C)CC1CC1.[Cl-]. The number of carbonyl (C=O) groups excluding carboxylic acids is 1. The minimum Gasteiger partial charge on any atom is -1.00 e. The highest BCUT2D eigenvalue weighted by Gasteiger charge is 2.55. The number of hydrogen-bond acceptors (Lipinski definition) is 1. The standard InChI is InChI=1S/C30H37N3O.ClH/c1-20-28-18-23-7-8-25(17-26(23)30(20,2)12-15-33(28,3)19-22-4-5-22)29(34)32-13-10-21-6-9-27-24(16-21)11-14-31-27;/h6-9,11,14,16-17,20,22,28,31H,4-5,10,12-13,15,18-19H2,1-3H3;1H/t20-,28?,30?,33-;/m0./s1. The lowest BCUT2D eigenvalue weighted by molar-refractivity contribution is -0.946. The summed E-state index contributed by atoms with van der Waals surface area (Å²) in [6.07, 6.45) is 8.04. The maximum atomic E-state index is 13.1. The third kappa shape index (κ3) is 4.29. The summed E-state index contributed by atoms with van der Waals surface area (Å²) < 4.78 is 1.25. The highest BCUT2D eigenvalue weighted by atomic mass is 35.5. The van der Waals surface area contributed by atoms with Crippen LogP contribution in [0, 0.1) is 11.8 Å². The molecular weight excluding hydrogens is 454 g/mol. The lowest BCUT2D eigenvalue weighted by Gasteiger charge is -2.58. The lowest BCUT2D eigenvalue weighted by Crippen LogP contribution is -3.00. The zero-order chi connectivity index (χ0) is 23.5. The fraction of sp³-hybridized carbons (Fsp3) is 0.500. The number of aromatic amines is 1. The van der Waals surface area contributed by atoms with Gasteiger partial charge in [-0.25, -0.2) is 0 Å². The lowest BCUT2D eigenvalue weighted by atomic mass is 9.58. The summed E-state index contributed by atoms with van der Waals surface area (Å²) in [5, 5.41) is 4.39. The molecular formula is C30H38ClN3O. The molecule has 4 nitrogen and oxygen atoms in total. The van der Waals surface area contributed by atoms with Gasteiger partial charge in [0.25, 0.3) is 5.91 Å². The number of likely N-dealkylation sites (tertiary alicyclic amines) is 1. The van der Waals surface area contributed by atoms with Crippen LogP contribution in [-0.2, 0) is 18.3 Å². The van der Waals surface area contributed by atoms with Crippen LogP contribution >= 0.6 is 0 Å². The number of benzene rings is 2. The van der Waals surface area contributed by atoms with Crippen LogP contribution in [0.5, 0.6) is 0 Å². The average molecular weight is 492 g/mol. The Hall–Kier alpha value is -2.30. The Morgan fingerprint density at radius 1 is 1.17 bits per heavy atom. The van der Waals surface area contributed by atoms with Gasteiger partial charge in [0.05, 0.1) is 26.2 Å². The van der Waals surface area contributed by atoms with Gasteiger partial charge in [-0.15, -0.1) is 0 Å². The molecule has 1 aromatic heterocycles. The summed E-state index contributed by atoms with van der Waals surface area (Å²) in [7, 11) is 2.51. The number of aromatic nitrogens is 1. The van der Waals surface area contributed by atoms with Crippen LogP contribution < -0.4 is 17.7 Å². The molecule has 2 fully saturated rings. The monoisotopic (exact) mass is 491 g/mol. The molecule has 2 heterocycles. The van der Waals surface area contributed by atoms with Crippen molar-refractivity contribution < 1.29 is 21.7 Å². The van der Waals surface area contributed by atoms with Crippen molar-refractivity contribution in [2.45, 2.75) is 57.4 Å². The molecule has 2 aliphatic carbocycles. The number of quaternary nitrogens is 1. The molecule has 6 rings (SSSR count). The van der Waals surface area contributed by atoms with Gasteiger partial charge in [0.15, 0.2) is 0 Å². The van der Waals surface area contributed by atoms with Crippen LogP contribution in [0.1, 0.15) is 60.2 Å². The molecule has 2 aromatic carbocycles. The molecule has 0 spiro atoms. The van der Waals surface area contributed by atoms with Crippen molar-refractivity contribution in [2.75, 3.05) is 26.7 Å². The van der Waals surface area contributed by atoms with Crippen LogP contribution in [0.2, 0.25) is 0 Å². The fourth-order valence-electron chi connectivity index (χ4n) is 7.07. The van der Waals surface area contributed by atoms with Gasteiger partial charge < -0.3 is 27.2 Å². The second-order valence-corrected chi connectivity index (χ2v) is 11.8. The maximum Gasteiger partial charge on any atom is 0.251 e. The molecule has 2 bridgehead atoms. The molecule has 3 aliphatic rings. The van der Waals surface area contributed by atoms with Gasteiger partial charge in [-0.3, -0.25) is 4.79 Å². The number of H-pyrrole nitrogens is 1. The summed E-state index contributed by atoms with van der Waals surface area (Å²) in [5.74, 6) is 1.65. The third-order valence-corrected chi connectivity index (χ3v) is 9.63. The number of amides is 1. The fourth-order valence-corrected chi connectivity index (χ4v) is 7.07. The number of nitrogens with zero attached hydrogens (tertiary/aromatic N) is 1. The zero-order valence-corrected chi connectivity index (χ0v) is 22.0. The molecule has 1 saturated heterocycles. The number of fused-ring (bicyclic) bond motifs is 5. The number of nitrogens with one attached hydrogen (secondary N) is 2. The predicted molar refractivity (Wildman–Crippen MR) is 138 cm³/mol. The Morgan fingerprint density at radius 2 is 2.00 bits per heavy atom. The minimum atomic E-state index is 0. The van der Waals surface area contributed by atoms with E-state index in [1.54, 1.807) is 0 Å². The Bertz CT molecular complexity index is 1250. The van der Waals surface area contributed by atoms with E-state index in [2.05, 4.69) is 73.7 Å². The molecule has 5 heteroatoms. The van der Waals surface area contributed by atoms with Crippen LogP contribution in [-0.4, -0.2) is 48.1 Å². The summed E-state index contributed by atoms with van der Waals surface area (Å²) in [6, 6.07) is 15.8. The van der Waals surface area contributed by atoms with Gasteiger partial charge in [-0.1, -0.05) is 26.0 Å². The average Bonchev–Trinajstić information content (AvgIpc) is 3.51. The zero-order valence-electron chi connectivity index (χ0n) is 21.2. The topological polar surface area (TPSA) is 44.9 Å². The van der Waals surface area contributed by atoms with Crippen molar-refractivity contribution in [1.82, 2.24) is 10.3 Å². The van der Waals surface area contributed by atoms with Crippen LogP contribution in [0.15, 0.2) is 48.7 Å². The van der Waals surface area contributed by atoms with E-state index in [1.165, 1.54) is 58.9 Å². The first kappa shape index (κ1) is 24.4. The first-order chi connectivity index (χ1) is 16.4. The molecule has 3 aromatic rings. The first-order valence-corrected chi connectivity index (χ1v) is 13.2. The molecule has 2 N–H and O–H groups in total. The number of piperidine rings is 1. The van der Waals surface area contributed by atoms with Crippen molar-refractivity contribution in [3.8, 4) is 0 Å². The quantitative estimate of drug-likeness (QED) is 0.510. The molecule has 186 valence electrons. The van der Waals surface area contributed by atoms with E-state index in [0.29, 0.717) is 18.5 Å². The van der Waals surface area contributed by atoms with E-state index in [1.807, 2.05) is 6.20 Å². The molecule has 1 saturated carbocycles. The van der Waals surface area contributed by atoms with Gasteiger partial charge in [0.1, 0.15) is 0 Å². The van der Waals surface area contributed by atoms with Crippen LogP contribution in [0.25, 0.3) is 10.9 Å². The normalized spacial score (nSPS) is 29.3. The van der Waals surface area contributed by atoms with Crippen molar-refractivity contribution in [3.05, 3.63) is 70.9 Å². The first-order valence-electron chi connectivity index (χ1n) is 13.2. The Balaban J connectivity index is 0.00000253. The maximum absolute atomic E-state index is 13.1. The highest BCUT2D eigenvalue weighted by molar-refractivity contribution is 5.94. The smallest absolute Gasteiger partial charge is 0.251 e. The van der Waals surface area contributed by atoms with E-state index in [0.717, 1.165) is 29.8 Å². The number of likely N-dealkylation sites (N-methyl/N-ethyl adjacent to an activating group) is 1. The molecule has 0 radical (unpaired) electrons. The summed E-state index contributed by atoms with van der Waals surface area (Å²) in [4.78, 5) is 16.3. The van der Waals surface area contributed by atoms with E-state index in [4.69, 9.17) is 0 Å². The number of rotatable bonds is 6. The van der Waals surface area contributed by atoms with Gasteiger partial charge in [-0.05, 0) is 71.7 Å². The van der Waals surface area contributed by atoms with Gasteiger partial charge in [-0.2, -0.15) is 0 Å². The highest BCUT2D eigenvalue weighted by Crippen LogP contribution is 2.51. The second kappa shape index (κ2) is 8.97. The minimum absolute atomic E-state index is 0. The van der Waals surface area contributed by atoms with Crippen molar-refractivity contribution in [3.63, 3.8) is 0 Å². The van der Waals surface area contributed by atoms with E-state index in [9.17, 15) is 4.79 Å². The van der Waals surface area contributed by atoms with Gasteiger partial charge in [0, 0.05) is 53.9 Å². The van der Waals surface area contributed by atoms with E-state index < -0.39 is 0 Å². The molecule has 1 amide bonds. The van der Waals surface area contributed by atoms with E-state index >= 15 is 0 Å². The van der Waals surface area contributed by atoms with Crippen molar-refractivity contribution in [1.29, 1.82) is 0 Å². The van der Waals surface area contributed by atoms with Crippen molar-refractivity contribution >= 4 is 16.8 Å². The third-order valence-electron chi connectivity index (χ3n) is 9.63. The Labute approximate surface area is 215 Å². The van der Waals surface area contributed by atoms with Gasteiger partial charge in [0.2, 0.25) is 0 Å². The van der Waals surface area contributed by atoms with E-state index in [-0.39, 0.29) is 23.7 Å². The summed E-state index contributed by atoms with van der Waals surface area (Å²) in [6.45, 7) is 8.21. The van der Waals surface area contributed by atoms with Gasteiger partial charge >= 0.3 is 0 Å². The summed E-state index contributed by atoms with van der Waals surface area (Å²) in [5.41, 5.74) is 6.29. The van der Waals surface area contributed by atoms with Crippen molar-refractivity contribution in [2.24, 2.45) is 11.8 Å². The summed E-state index contributed by atoms with van der Waals surface area (Å²) >= 11 is 0. The van der Waals surface area contributed by atoms with Crippen LogP contribution in [0.4, 0.5) is 0 Å². The number of halogens is 1. The number of hydrogen-bond donors (Lipinski definition) is 2.